The lowest BCUT2D eigenvalue weighted by atomic mass is 9.70. The molecule has 2 heteroatoms. The Morgan fingerprint density at radius 1 is 1.32 bits per heavy atom. The number of hydrogen-bond acceptors (Lipinski definition) is 1. The van der Waals surface area contributed by atoms with Crippen molar-refractivity contribution in [3.63, 3.8) is 0 Å². The summed E-state index contributed by atoms with van der Waals surface area (Å²) in [5.41, 5.74) is 1.93. The molecule has 2 fully saturated rings. The molecule has 1 aromatic carbocycles. The van der Waals surface area contributed by atoms with E-state index in [1.54, 1.807) is 0 Å². The van der Waals surface area contributed by atoms with Crippen LogP contribution in [0.1, 0.15) is 39.2 Å². The highest BCUT2D eigenvalue weighted by molar-refractivity contribution is 6.30. The number of allylic oxidation sites excluding steroid dienone is 1. The molecule has 0 heterocycles. The average molecular weight is 275 g/mol. The second kappa shape index (κ2) is 3.96. The molecular formula is C17H19ClO. The van der Waals surface area contributed by atoms with Crippen LogP contribution in [0.3, 0.4) is 0 Å². The van der Waals surface area contributed by atoms with Crippen molar-refractivity contribution in [2.75, 3.05) is 0 Å². The quantitative estimate of drug-likeness (QED) is 0.676. The van der Waals surface area contributed by atoms with E-state index in [2.05, 4.69) is 20.8 Å². The van der Waals surface area contributed by atoms with Gasteiger partial charge in [-0.25, -0.2) is 0 Å². The van der Waals surface area contributed by atoms with E-state index in [0.29, 0.717) is 11.7 Å². The summed E-state index contributed by atoms with van der Waals surface area (Å²) in [5.74, 6) is 0.734. The number of hydrogen-bond donors (Lipinski definition) is 0. The predicted octanol–water partition coefficient (Wildman–Crippen LogP) is 4.75. The van der Waals surface area contributed by atoms with Gasteiger partial charge in [-0.05, 0) is 53.5 Å². The van der Waals surface area contributed by atoms with Crippen LogP contribution in [0, 0.1) is 16.7 Å². The molecule has 2 saturated carbocycles. The third-order valence-corrected chi connectivity index (χ3v) is 5.77. The summed E-state index contributed by atoms with van der Waals surface area (Å²) < 4.78 is 0. The molecule has 3 rings (SSSR count). The number of benzene rings is 1. The summed E-state index contributed by atoms with van der Waals surface area (Å²) in [6.07, 6.45) is 4.20. The summed E-state index contributed by atoms with van der Waals surface area (Å²) in [5, 5.41) is 0.718. The predicted molar refractivity (Wildman–Crippen MR) is 79.0 cm³/mol. The second-order valence-electron chi connectivity index (χ2n) is 6.63. The Kier molecular flexibility index (Phi) is 2.69. The van der Waals surface area contributed by atoms with Gasteiger partial charge in [0.2, 0.25) is 0 Å². The van der Waals surface area contributed by atoms with E-state index >= 15 is 0 Å². The van der Waals surface area contributed by atoms with Crippen LogP contribution in [0.25, 0.3) is 6.08 Å². The number of ketones is 1. The van der Waals surface area contributed by atoms with Crippen LogP contribution in [-0.4, -0.2) is 5.78 Å². The minimum atomic E-state index is -0.178. The molecule has 0 radical (unpaired) electrons. The van der Waals surface area contributed by atoms with Crippen molar-refractivity contribution in [3.8, 4) is 0 Å². The topological polar surface area (TPSA) is 17.1 Å². The Labute approximate surface area is 119 Å². The number of rotatable bonds is 1. The number of Topliss-reactive ketones (excluding diaryl/α,β-unsaturated/α-hetero) is 1. The van der Waals surface area contributed by atoms with Gasteiger partial charge in [-0.3, -0.25) is 4.79 Å². The van der Waals surface area contributed by atoms with Crippen molar-refractivity contribution in [1.29, 1.82) is 0 Å². The summed E-state index contributed by atoms with van der Waals surface area (Å²) in [6.45, 7) is 6.61. The SMILES string of the molecule is CC12CCC(C(=Cc3cccc(Cl)c3)C1=O)C2(C)C. The zero-order valence-corrected chi connectivity index (χ0v) is 12.4. The zero-order chi connectivity index (χ0) is 13.8. The van der Waals surface area contributed by atoms with Crippen LogP contribution in [0.5, 0.6) is 0 Å². The molecule has 0 amide bonds. The zero-order valence-electron chi connectivity index (χ0n) is 11.7. The van der Waals surface area contributed by atoms with Crippen molar-refractivity contribution >= 4 is 23.5 Å². The molecule has 0 aliphatic heterocycles. The highest BCUT2D eigenvalue weighted by Crippen LogP contribution is 2.65. The van der Waals surface area contributed by atoms with Gasteiger partial charge in [0, 0.05) is 10.4 Å². The molecule has 1 nitrogen and oxygen atoms in total. The van der Waals surface area contributed by atoms with E-state index in [0.717, 1.165) is 29.0 Å². The molecule has 2 unspecified atom stereocenters. The van der Waals surface area contributed by atoms with Gasteiger partial charge in [0.1, 0.15) is 0 Å². The molecule has 2 atom stereocenters. The number of halogens is 1. The molecular weight excluding hydrogens is 256 g/mol. The Morgan fingerprint density at radius 3 is 2.63 bits per heavy atom. The Balaban J connectivity index is 2.06. The fraction of sp³-hybridized carbons (Fsp3) is 0.471. The highest BCUT2D eigenvalue weighted by Gasteiger charge is 2.63. The normalized spacial score (nSPS) is 34.2. The van der Waals surface area contributed by atoms with E-state index in [4.69, 9.17) is 11.6 Å². The molecule has 0 N–H and O–H groups in total. The number of carbonyl (C=O) groups is 1. The molecule has 2 aliphatic carbocycles. The summed E-state index contributed by atoms with van der Waals surface area (Å²) in [4.78, 5) is 12.7. The minimum Gasteiger partial charge on any atom is -0.294 e. The summed E-state index contributed by atoms with van der Waals surface area (Å²) in [6, 6.07) is 7.72. The fourth-order valence-corrected chi connectivity index (χ4v) is 4.07. The van der Waals surface area contributed by atoms with Gasteiger partial charge in [-0.15, -0.1) is 0 Å². The minimum absolute atomic E-state index is 0.0779. The van der Waals surface area contributed by atoms with E-state index in [9.17, 15) is 4.79 Å². The molecule has 0 aromatic heterocycles. The molecule has 19 heavy (non-hydrogen) atoms. The Bertz CT molecular complexity index is 585. The fourth-order valence-electron chi connectivity index (χ4n) is 3.87. The van der Waals surface area contributed by atoms with Crippen molar-refractivity contribution in [2.45, 2.75) is 33.6 Å². The monoisotopic (exact) mass is 274 g/mol. The lowest BCUT2D eigenvalue weighted by molar-refractivity contribution is -0.125. The summed E-state index contributed by atoms with van der Waals surface area (Å²) >= 11 is 6.01. The maximum absolute atomic E-state index is 12.7. The van der Waals surface area contributed by atoms with Gasteiger partial charge in [0.05, 0.1) is 0 Å². The molecule has 2 bridgehead atoms. The number of fused-ring (bicyclic) bond motifs is 2. The van der Waals surface area contributed by atoms with Gasteiger partial charge in [-0.1, -0.05) is 44.5 Å². The van der Waals surface area contributed by atoms with Gasteiger partial charge < -0.3 is 0 Å². The maximum atomic E-state index is 12.7. The van der Waals surface area contributed by atoms with E-state index in [1.807, 2.05) is 30.3 Å². The smallest absolute Gasteiger partial charge is 0.165 e. The van der Waals surface area contributed by atoms with Gasteiger partial charge in [0.25, 0.3) is 0 Å². The largest absolute Gasteiger partial charge is 0.294 e. The first-order valence-electron chi connectivity index (χ1n) is 6.88. The van der Waals surface area contributed by atoms with Crippen molar-refractivity contribution < 1.29 is 4.79 Å². The number of carbonyl (C=O) groups excluding carboxylic acids is 1. The third-order valence-electron chi connectivity index (χ3n) is 5.54. The van der Waals surface area contributed by atoms with Crippen LogP contribution in [0.4, 0.5) is 0 Å². The van der Waals surface area contributed by atoms with Crippen molar-refractivity contribution in [1.82, 2.24) is 0 Å². The first-order chi connectivity index (χ1) is 8.86. The molecule has 0 saturated heterocycles. The van der Waals surface area contributed by atoms with Crippen LogP contribution < -0.4 is 0 Å². The first kappa shape index (κ1) is 12.9. The lowest BCUT2D eigenvalue weighted by Crippen LogP contribution is -2.32. The van der Waals surface area contributed by atoms with Crippen LogP contribution in [0.15, 0.2) is 29.8 Å². The van der Waals surface area contributed by atoms with Gasteiger partial charge in [-0.2, -0.15) is 0 Å². The highest BCUT2D eigenvalue weighted by atomic mass is 35.5. The first-order valence-corrected chi connectivity index (χ1v) is 7.26. The maximum Gasteiger partial charge on any atom is 0.165 e. The Hall–Kier alpha value is -1.08. The average Bonchev–Trinajstić information content (AvgIpc) is 2.64. The molecule has 100 valence electrons. The van der Waals surface area contributed by atoms with E-state index in [1.165, 1.54) is 0 Å². The molecule has 1 aromatic rings. The van der Waals surface area contributed by atoms with E-state index in [-0.39, 0.29) is 10.8 Å². The van der Waals surface area contributed by atoms with Gasteiger partial charge >= 0.3 is 0 Å². The van der Waals surface area contributed by atoms with Gasteiger partial charge in [0.15, 0.2) is 5.78 Å². The van der Waals surface area contributed by atoms with Crippen LogP contribution in [-0.2, 0) is 4.79 Å². The third kappa shape index (κ3) is 1.64. The second-order valence-corrected chi connectivity index (χ2v) is 7.07. The molecule has 2 aliphatic rings. The summed E-state index contributed by atoms with van der Waals surface area (Å²) in [7, 11) is 0. The van der Waals surface area contributed by atoms with E-state index < -0.39 is 0 Å². The van der Waals surface area contributed by atoms with Crippen LogP contribution in [0.2, 0.25) is 5.02 Å². The lowest BCUT2D eigenvalue weighted by Gasteiger charge is -2.31. The molecule has 0 spiro atoms. The van der Waals surface area contributed by atoms with Crippen LogP contribution >= 0.6 is 11.6 Å². The standard InChI is InChI=1S/C17H19ClO/c1-16(2)14-7-8-17(16,3)15(19)13(14)10-11-5-4-6-12(18)9-11/h4-6,9-10,14H,7-8H2,1-3H3. The Morgan fingerprint density at radius 2 is 2.05 bits per heavy atom. The van der Waals surface area contributed by atoms with Crippen molar-refractivity contribution in [2.24, 2.45) is 16.7 Å². The van der Waals surface area contributed by atoms with Crippen molar-refractivity contribution in [3.05, 3.63) is 40.4 Å².